The van der Waals surface area contributed by atoms with Crippen LogP contribution >= 0.6 is 0 Å². The Morgan fingerprint density at radius 1 is 0.600 bits per heavy atom. The summed E-state index contributed by atoms with van der Waals surface area (Å²) in [5.74, 6) is 0.431. The van der Waals surface area contributed by atoms with Gasteiger partial charge in [0.2, 0.25) is 0 Å². The molecule has 6 N–H and O–H groups in total. The molecule has 2 aromatic rings. The fourth-order valence-electron chi connectivity index (χ4n) is 4.10. The summed E-state index contributed by atoms with van der Waals surface area (Å²) in [7, 11) is 0. The normalized spacial score (nSPS) is 11.9. The maximum atomic E-state index is 12.0. The Hall–Kier alpha value is -2.38. The first-order valence-corrected chi connectivity index (χ1v) is 15.3. The molecular formula is C34H56N2O4. The molecule has 0 bridgehead atoms. The first kappa shape index (κ1) is 37.6. The molecule has 40 heavy (non-hydrogen) atoms. The van der Waals surface area contributed by atoms with E-state index in [1.54, 1.807) is 0 Å². The third-order valence-corrected chi connectivity index (χ3v) is 6.53. The summed E-state index contributed by atoms with van der Waals surface area (Å²) in [6, 6.07) is 14.7. The summed E-state index contributed by atoms with van der Waals surface area (Å²) in [5.41, 5.74) is 15.0. The molecule has 6 heteroatoms. The van der Waals surface area contributed by atoms with Gasteiger partial charge in [0, 0.05) is 36.1 Å². The van der Waals surface area contributed by atoms with Crippen molar-refractivity contribution in [2.24, 2.45) is 11.5 Å². The molecule has 0 saturated carbocycles. The van der Waals surface area contributed by atoms with Crippen LogP contribution in [-0.4, -0.2) is 47.1 Å². The van der Waals surface area contributed by atoms with Gasteiger partial charge in [0.25, 0.3) is 0 Å². The van der Waals surface area contributed by atoms with Gasteiger partial charge >= 0.3 is 0 Å². The highest BCUT2D eigenvalue weighted by Gasteiger charge is 2.08. The van der Waals surface area contributed by atoms with Gasteiger partial charge in [-0.25, -0.2) is 0 Å². The van der Waals surface area contributed by atoms with Crippen LogP contribution in [0.1, 0.15) is 124 Å². The number of nitrogens with two attached hydrogens (primary N) is 2. The lowest BCUT2D eigenvalue weighted by Crippen LogP contribution is -2.26. The standard InChI is InChI=1S/C17H27NO2.C15H23NO2.C2H6/c1-2-3-4-5-6-7-17(20)15-10-8-14(9-11-15)12-16(18)13-19;1-2-3-4-5-15(18)13-8-6-12(7-9-13)10-14(16)11-17;1-2/h8-11,16,19H,2-7,12-13,18H2,1H3;6-9,14,17H,2-5,10-11,16H2,1H3;1-2H3. The number of unbranched alkanes of at least 4 members (excludes halogenated alkanes) is 6. The summed E-state index contributed by atoms with van der Waals surface area (Å²) in [4.78, 5) is 23.8. The first-order chi connectivity index (χ1) is 19.3. The lowest BCUT2D eigenvalue weighted by molar-refractivity contribution is 0.0971. The van der Waals surface area contributed by atoms with E-state index in [4.69, 9.17) is 21.7 Å². The quantitative estimate of drug-likeness (QED) is 0.124. The second-order valence-electron chi connectivity index (χ2n) is 10.2. The zero-order valence-electron chi connectivity index (χ0n) is 25.5. The second kappa shape index (κ2) is 24.4. The summed E-state index contributed by atoms with van der Waals surface area (Å²) < 4.78 is 0. The minimum Gasteiger partial charge on any atom is -0.395 e. The summed E-state index contributed by atoms with van der Waals surface area (Å²) in [6.07, 6.45) is 11.6. The first-order valence-electron chi connectivity index (χ1n) is 15.3. The van der Waals surface area contributed by atoms with Gasteiger partial charge in [-0.15, -0.1) is 0 Å². The van der Waals surface area contributed by atoms with E-state index < -0.39 is 0 Å². The number of hydrogen-bond acceptors (Lipinski definition) is 6. The summed E-state index contributed by atoms with van der Waals surface area (Å²) in [6.45, 7) is 8.29. The molecule has 2 unspecified atom stereocenters. The Morgan fingerprint density at radius 2 is 0.925 bits per heavy atom. The monoisotopic (exact) mass is 556 g/mol. The number of Topliss-reactive ketones (excluding diaryl/α,β-unsaturated/α-hetero) is 2. The fraction of sp³-hybridized carbons (Fsp3) is 0.588. The molecule has 226 valence electrons. The molecule has 2 rings (SSSR count). The molecular weight excluding hydrogens is 500 g/mol. The van der Waals surface area contributed by atoms with E-state index >= 15 is 0 Å². The largest absolute Gasteiger partial charge is 0.395 e. The van der Waals surface area contributed by atoms with Gasteiger partial charge < -0.3 is 21.7 Å². The van der Waals surface area contributed by atoms with E-state index in [0.717, 1.165) is 54.4 Å². The van der Waals surface area contributed by atoms with Crippen molar-refractivity contribution < 1.29 is 19.8 Å². The summed E-state index contributed by atoms with van der Waals surface area (Å²) in [5, 5.41) is 17.8. The third-order valence-electron chi connectivity index (χ3n) is 6.53. The highest BCUT2D eigenvalue weighted by atomic mass is 16.3. The molecule has 0 aromatic heterocycles. The predicted octanol–water partition coefficient (Wildman–Crippen LogP) is 6.43. The van der Waals surface area contributed by atoms with Gasteiger partial charge in [0.15, 0.2) is 11.6 Å². The van der Waals surface area contributed by atoms with E-state index in [9.17, 15) is 9.59 Å². The number of hydrogen-bond donors (Lipinski definition) is 4. The number of ketones is 2. The lowest BCUT2D eigenvalue weighted by Gasteiger charge is -2.08. The molecule has 2 aromatic carbocycles. The Balaban J connectivity index is 0.000000719. The minimum atomic E-state index is -0.227. The molecule has 6 nitrogen and oxygen atoms in total. The van der Waals surface area contributed by atoms with Crippen LogP contribution in [0.3, 0.4) is 0 Å². The molecule has 0 saturated heterocycles. The van der Waals surface area contributed by atoms with E-state index in [1.165, 1.54) is 19.3 Å². The van der Waals surface area contributed by atoms with Gasteiger partial charge in [0.1, 0.15) is 0 Å². The van der Waals surface area contributed by atoms with Crippen molar-refractivity contribution >= 4 is 11.6 Å². The van der Waals surface area contributed by atoms with Gasteiger partial charge in [-0.2, -0.15) is 0 Å². The second-order valence-corrected chi connectivity index (χ2v) is 10.2. The molecule has 0 heterocycles. The van der Waals surface area contributed by atoms with Crippen LogP contribution < -0.4 is 11.5 Å². The highest BCUT2D eigenvalue weighted by Crippen LogP contribution is 2.13. The van der Waals surface area contributed by atoms with Crippen molar-refractivity contribution in [1.29, 1.82) is 0 Å². The molecule has 0 spiro atoms. The van der Waals surface area contributed by atoms with Crippen LogP contribution in [0.2, 0.25) is 0 Å². The number of carbonyl (C=O) groups excluding carboxylic acids is 2. The average molecular weight is 557 g/mol. The van der Waals surface area contributed by atoms with E-state index in [2.05, 4.69) is 13.8 Å². The van der Waals surface area contributed by atoms with E-state index in [0.29, 0.717) is 25.7 Å². The zero-order chi connectivity index (χ0) is 30.2. The number of carbonyl (C=O) groups is 2. The average Bonchev–Trinajstić information content (AvgIpc) is 2.99. The summed E-state index contributed by atoms with van der Waals surface area (Å²) >= 11 is 0. The zero-order valence-corrected chi connectivity index (χ0v) is 25.5. The number of aliphatic hydroxyl groups is 2. The van der Waals surface area contributed by atoms with Gasteiger partial charge in [-0.3, -0.25) is 9.59 Å². The van der Waals surface area contributed by atoms with Crippen LogP contribution in [-0.2, 0) is 12.8 Å². The fourth-order valence-corrected chi connectivity index (χ4v) is 4.10. The number of benzene rings is 2. The van der Waals surface area contributed by atoms with Gasteiger partial charge in [0.05, 0.1) is 13.2 Å². The van der Waals surface area contributed by atoms with Crippen molar-refractivity contribution in [3.63, 3.8) is 0 Å². The lowest BCUT2D eigenvalue weighted by atomic mass is 10.0. The van der Waals surface area contributed by atoms with Crippen LogP contribution in [0.5, 0.6) is 0 Å². The molecule has 0 aliphatic carbocycles. The molecule has 2 atom stereocenters. The SMILES string of the molecule is CC.CCCCCC(=O)c1ccc(CC(N)CO)cc1.CCCCCCCC(=O)c1ccc(CC(N)CO)cc1. The van der Waals surface area contributed by atoms with Crippen molar-refractivity contribution in [2.45, 2.75) is 117 Å². The molecule has 0 aliphatic heterocycles. The van der Waals surface area contributed by atoms with Crippen LogP contribution in [0, 0.1) is 0 Å². The van der Waals surface area contributed by atoms with Crippen LogP contribution in [0.25, 0.3) is 0 Å². The molecule has 0 aliphatic rings. The maximum absolute atomic E-state index is 12.0. The van der Waals surface area contributed by atoms with Crippen LogP contribution in [0.4, 0.5) is 0 Å². The third kappa shape index (κ3) is 17.3. The molecule has 0 amide bonds. The Labute approximate surface area is 243 Å². The smallest absolute Gasteiger partial charge is 0.162 e. The Morgan fingerprint density at radius 3 is 1.27 bits per heavy atom. The van der Waals surface area contributed by atoms with E-state index in [1.807, 2.05) is 62.4 Å². The van der Waals surface area contributed by atoms with Crippen molar-refractivity contribution in [3.05, 3.63) is 70.8 Å². The Bertz CT molecular complexity index is 897. The van der Waals surface area contributed by atoms with E-state index in [-0.39, 0.29) is 36.9 Å². The van der Waals surface area contributed by atoms with Crippen molar-refractivity contribution in [1.82, 2.24) is 0 Å². The maximum Gasteiger partial charge on any atom is 0.162 e. The van der Waals surface area contributed by atoms with Gasteiger partial charge in [-0.1, -0.05) is 115 Å². The van der Waals surface area contributed by atoms with Crippen molar-refractivity contribution in [3.8, 4) is 0 Å². The Kier molecular flexibility index (Phi) is 23.0. The van der Waals surface area contributed by atoms with Crippen LogP contribution in [0.15, 0.2) is 48.5 Å². The minimum absolute atomic E-state index is 0.0154. The number of aliphatic hydroxyl groups excluding tert-OH is 2. The highest BCUT2D eigenvalue weighted by molar-refractivity contribution is 5.96. The topological polar surface area (TPSA) is 127 Å². The number of rotatable bonds is 18. The molecule has 0 radical (unpaired) electrons. The predicted molar refractivity (Wildman–Crippen MR) is 168 cm³/mol. The molecule has 0 fully saturated rings. The van der Waals surface area contributed by atoms with Gasteiger partial charge in [-0.05, 0) is 36.8 Å². The van der Waals surface area contributed by atoms with Crippen molar-refractivity contribution in [2.75, 3.05) is 13.2 Å².